The Hall–Kier alpha value is -2.36. The maximum atomic E-state index is 5.77. The second-order valence-electron chi connectivity index (χ2n) is 5.35. The van der Waals surface area contributed by atoms with Gasteiger partial charge in [-0.1, -0.05) is 36.4 Å². The van der Waals surface area contributed by atoms with E-state index in [9.17, 15) is 0 Å². The van der Waals surface area contributed by atoms with Crippen LogP contribution in [0.15, 0.2) is 48.5 Å². The Labute approximate surface area is 130 Å². The van der Waals surface area contributed by atoms with Crippen LogP contribution in [0, 0.1) is 0 Å². The van der Waals surface area contributed by atoms with Gasteiger partial charge in [-0.2, -0.15) is 0 Å². The van der Waals surface area contributed by atoms with E-state index in [1.165, 1.54) is 5.56 Å². The first-order valence-corrected chi connectivity index (χ1v) is 7.87. The number of aromatic nitrogens is 3. The molecule has 0 aliphatic heterocycles. The van der Waals surface area contributed by atoms with Crippen molar-refractivity contribution in [1.29, 1.82) is 0 Å². The second kappa shape index (κ2) is 7.07. The Kier molecular flexibility index (Phi) is 4.68. The summed E-state index contributed by atoms with van der Waals surface area (Å²) in [5.74, 6) is 0.948. The second-order valence-corrected chi connectivity index (χ2v) is 5.35. The van der Waals surface area contributed by atoms with Gasteiger partial charge in [0.25, 0.3) is 0 Å². The standard InChI is InChI=1S/C18H21N3O/c1-2-15-9-11-16(12-10-15)22-14-6-5-13-21-18-8-4-3-7-17(18)19-20-21/h3-4,7-12H,2,5-6,13-14H2,1H3. The van der Waals surface area contributed by atoms with Crippen LogP contribution < -0.4 is 4.74 Å². The third kappa shape index (κ3) is 3.45. The van der Waals surface area contributed by atoms with Crippen LogP contribution >= 0.6 is 0 Å². The summed E-state index contributed by atoms with van der Waals surface area (Å²) in [5, 5.41) is 8.36. The molecule has 1 heterocycles. The van der Waals surface area contributed by atoms with Gasteiger partial charge in [-0.05, 0) is 49.1 Å². The van der Waals surface area contributed by atoms with Crippen LogP contribution in [-0.2, 0) is 13.0 Å². The van der Waals surface area contributed by atoms with Crippen LogP contribution in [0.1, 0.15) is 25.3 Å². The van der Waals surface area contributed by atoms with E-state index in [0.29, 0.717) is 0 Å². The summed E-state index contributed by atoms with van der Waals surface area (Å²) in [5.41, 5.74) is 3.39. The van der Waals surface area contributed by atoms with Crippen LogP contribution in [0.25, 0.3) is 11.0 Å². The number of fused-ring (bicyclic) bond motifs is 1. The van der Waals surface area contributed by atoms with E-state index in [-0.39, 0.29) is 0 Å². The fourth-order valence-corrected chi connectivity index (χ4v) is 2.46. The number of hydrogen-bond donors (Lipinski definition) is 0. The molecule has 0 unspecified atom stereocenters. The lowest BCUT2D eigenvalue weighted by Gasteiger charge is -2.07. The summed E-state index contributed by atoms with van der Waals surface area (Å²) in [6.07, 6.45) is 3.09. The third-order valence-electron chi connectivity index (χ3n) is 3.78. The van der Waals surface area contributed by atoms with E-state index in [1.807, 2.05) is 35.0 Å². The number of rotatable bonds is 7. The highest BCUT2D eigenvalue weighted by Crippen LogP contribution is 2.14. The predicted octanol–water partition coefficient (Wildman–Crippen LogP) is 3.85. The van der Waals surface area contributed by atoms with Crippen LogP contribution in [-0.4, -0.2) is 21.6 Å². The minimum absolute atomic E-state index is 0.734. The van der Waals surface area contributed by atoms with Gasteiger partial charge in [0.15, 0.2) is 0 Å². The largest absolute Gasteiger partial charge is 0.494 e. The molecule has 0 aliphatic rings. The summed E-state index contributed by atoms with van der Waals surface area (Å²) in [4.78, 5) is 0. The van der Waals surface area contributed by atoms with Crippen LogP contribution in [0.3, 0.4) is 0 Å². The molecule has 0 amide bonds. The Morgan fingerprint density at radius 1 is 1.00 bits per heavy atom. The topological polar surface area (TPSA) is 39.9 Å². The lowest BCUT2D eigenvalue weighted by Crippen LogP contribution is -2.03. The van der Waals surface area contributed by atoms with Gasteiger partial charge < -0.3 is 4.74 Å². The van der Waals surface area contributed by atoms with Crippen molar-refractivity contribution in [3.63, 3.8) is 0 Å². The molecule has 4 nitrogen and oxygen atoms in total. The summed E-state index contributed by atoms with van der Waals surface area (Å²) in [6, 6.07) is 16.4. The molecule has 22 heavy (non-hydrogen) atoms. The highest BCUT2D eigenvalue weighted by atomic mass is 16.5. The number of ether oxygens (including phenoxy) is 1. The molecule has 3 aromatic rings. The van der Waals surface area contributed by atoms with Gasteiger partial charge in [0.05, 0.1) is 12.1 Å². The van der Waals surface area contributed by atoms with Crippen molar-refractivity contribution in [3.05, 3.63) is 54.1 Å². The molecular formula is C18H21N3O. The fourth-order valence-electron chi connectivity index (χ4n) is 2.46. The summed E-state index contributed by atoms with van der Waals surface area (Å²) >= 11 is 0. The smallest absolute Gasteiger partial charge is 0.119 e. The molecule has 0 fully saturated rings. The lowest BCUT2D eigenvalue weighted by molar-refractivity contribution is 0.302. The molecule has 3 rings (SSSR count). The highest BCUT2D eigenvalue weighted by molar-refractivity contribution is 5.73. The van der Waals surface area contributed by atoms with E-state index < -0.39 is 0 Å². The average molecular weight is 295 g/mol. The Morgan fingerprint density at radius 3 is 2.64 bits per heavy atom. The van der Waals surface area contributed by atoms with Crippen molar-refractivity contribution >= 4 is 11.0 Å². The molecule has 0 radical (unpaired) electrons. The molecule has 0 saturated heterocycles. The van der Waals surface area contributed by atoms with Gasteiger partial charge in [-0.3, -0.25) is 0 Å². The summed E-state index contributed by atoms with van der Waals surface area (Å²) in [6.45, 7) is 3.76. The predicted molar refractivity (Wildman–Crippen MR) is 88.1 cm³/mol. The maximum Gasteiger partial charge on any atom is 0.119 e. The first-order chi connectivity index (χ1) is 10.9. The van der Waals surface area contributed by atoms with Crippen molar-refractivity contribution in [2.45, 2.75) is 32.7 Å². The Morgan fingerprint density at radius 2 is 1.82 bits per heavy atom. The number of para-hydroxylation sites is 1. The normalized spacial score (nSPS) is 11.0. The quantitative estimate of drug-likeness (QED) is 0.621. The van der Waals surface area contributed by atoms with Gasteiger partial charge in [0.2, 0.25) is 0 Å². The first-order valence-electron chi connectivity index (χ1n) is 7.87. The monoisotopic (exact) mass is 295 g/mol. The van der Waals surface area contributed by atoms with Crippen LogP contribution in [0.4, 0.5) is 0 Å². The van der Waals surface area contributed by atoms with E-state index in [0.717, 1.165) is 49.2 Å². The maximum absolute atomic E-state index is 5.77. The number of unbranched alkanes of at least 4 members (excludes halogenated alkanes) is 1. The van der Waals surface area contributed by atoms with E-state index in [1.54, 1.807) is 0 Å². The number of benzene rings is 2. The van der Waals surface area contributed by atoms with E-state index in [2.05, 4.69) is 35.4 Å². The molecular weight excluding hydrogens is 274 g/mol. The molecule has 0 aliphatic carbocycles. The molecule has 0 bridgehead atoms. The Balaban J connectivity index is 1.43. The molecule has 2 aromatic carbocycles. The number of hydrogen-bond acceptors (Lipinski definition) is 3. The number of nitrogens with zero attached hydrogens (tertiary/aromatic N) is 3. The minimum Gasteiger partial charge on any atom is -0.494 e. The molecule has 4 heteroatoms. The Bertz CT molecular complexity index is 719. The summed E-state index contributed by atoms with van der Waals surface area (Å²) in [7, 11) is 0. The first kappa shape index (κ1) is 14.6. The number of aryl methyl sites for hydroxylation is 2. The zero-order valence-electron chi connectivity index (χ0n) is 12.9. The van der Waals surface area contributed by atoms with Crippen molar-refractivity contribution in [3.8, 4) is 5.75 Å². The van der Waals surface area contributed by atoms with Crippen molar-refractivity contribution in [1.82, 2.24) is 15.0 Å². The van der Waals surface area contributed by atoms with Gasteiger partial charge >= 0.3 is 0 Å². The van der Waals surface area contributed by atoms with Gasteiger partial charge in [0.1, 0.15) is 11.3 Å². The summed E-state index contributed by atoms with van der Waals surface area (Å²) < 4.78 is 7.73. The minimum atomic E-state index is 0.734. The third-order valence-corrected chi connectivity index (χ3v) is 3.78. The van der Waals surface area contributed by atoms with Gasteiger partial charge in [0, 0.05) is 6.54 Å². The van der Waals surface area contributed by atoms with Gasteiger partial charge in [-0.15, -0.1) is 5.10 Å². The van der Waals surface area contributed by atoms with Crippen molar-refractivity contribution in [2.24, 2.45) is 0 Å². The molecule has 1 aromatic heterocycles. The molecule has 0 saturated carbocycles. The average Bonchev–Trinajstić information content (AvgIpc) is 2.98. The van der Waals surface area contributed by atoms with Crippen LogP contribution in [0.2, 0.25) is 0 Å². The van der Waals surface area contributed by atoms with E-state index in [4.69, 9.17) is 4.74 Å². The van der Waals surface area contributed by atoms with E-state index >= 15 is 0 Å². The fraction of sp³-hybridized carbons (Fsp3) is 0.333. The van der Waals surface area contributed by atoms with Crippen LogP contribution in [0.5, 0.6) is 5.75 Å². The van der Waals surface area contributed by atoms with Gasteiger partial charge in [-0.25, -0.2) is 4.68 Å². The molecule has 0 atom stereocenters. The highest BCUT2D eigenvalue weighted by Gasteiger charge is 2.02. The zero-order chi connectivity index (χ0) is 15.2. The zero-order valence-corrected chi connectivity index (χ0v) is 12.9. The molecule has 0 spiro atoms. The van der Waals surface area contributed by atoms with Crippen molar-refractivity contribution in [2.75, 3.05) is 6.61 Å². The van der Waals surface area contributed by atoms with Crippen molar-refractivity contribution < 1.29 is 4.74 Å². The molecule has 114 valence electrons. The SMILES string of the molecule is CCc1ccc(OCCCCn2nnc3ccccc32)cc1. The lowest BCUT2D eigenvalue weighted by atomic mass is 10.2. The molecule has 0 N–H and O–H groups in total.